The van der Waals surface area contributed by atoms with Crippen molar-refractivity contribution < 1.29 is 19.1 Å². The Morgan fingerprint density at radius 2 is 1.72 bits per heavy atom. The van der Waals surface area contributed by atoms with Crippen LogP contribution in [0.2, 0.25) is 0 Å². The monoisotopic (exact) mass is 399 g/mol. The van der Waals surface area contributed by atoms with Crippen molar-refractivity contribution in [3.05, 3.63) is 53.9 Å². The number of benzene rings is 1. The van der Waals surface area contributed by atoms with Crippen molar-refractivity contribution in [3.63, 3.8) is 0 Å². The van der Waals surface area contributed by atoms with Gasteiger partial charge >= 0.3 is 0 Å². The molecule has 1 aromatic carbocycles. The van der Waals surface area contributed by atoms with E-state index in [-0.39, 0.29) is 17.9 Å². The van der Waals surface area contributed by atoms with Crippen LogP contribution in [-0.4, -0.2) is 35.5 Å². The van der Waals surface area contributed by atoms with Crippen LogP contribution in [-0.2, 0) is 11.4 Å². The van der Waals surface area contributed by atoms with Crippen molar-refractivity contribution >= 4 is 11.8 Å². The SMILES string of the molecule is CCOc1cc(C(=O)NC(C)C(=O)NC(C)CC)ccc1OCc1ccncc1. The summed E-state index contributed by atoms with van der Waals surface area (Å²) in [4.78, 5) is 28.7. The van der Waals surface area contributed by atoms with Crippen LogP contribution in [0.5, 0.6) is 11.5 Å². The summed E-state index contributed by atoms with van der Waals surface area (Å²) in [5, 5.41) is 5.57. The van der Waals surface area contributed by atoms with E-state index in [0.29, 0.717) is 30.3 Å². The number of carbonyl (C=O) groups is 2. The summed E-state index contributed by atoms with van der Waals surface area (Å²) in [5.41, 5.74) is 1.37. The first-order valence-electron chi connectivity index (χ1n) is 9.84. The first kappa shape index (κ1) is 22.2. The summed E-state index contributed by atoms with van der Waals surface area (Å²) in [7, 11) is 0. The minimum Gasteiger partial charge on any atom is -0.490 e. The van der Waals surface area contributed by atoms with Gasteiger partial charge in [-0.3, -0.25) is 14.6 Å². The van der Waals surface area contributed by atoms with Gasteiger partial charge in [-0.1, -0.05) is 6.92 Å². The molecular weight excluding hydrogens is 370 g/mol. The van der Waals surface area contributed by atoms with Gasteiger partial charge in [0.05, 0.1) is 6.61 Å². The molecule has 0 radical (unpaired) electrons. The molecule has 156 valence electrons. The van der Waals surface area contributed by atoms with Crippen molar-refractivity contribution in [3.8, 4) is 11.5 Å². The van der Waals surface area contributed by atoms with E-state index in [1.54, 1.807) is 37.5 Å². The smallest absolute Gasteiger partial charge is 0.252 e. The predicted octanol–water partition coefficient (Wildman–Crippen LogP) is 3.09. The maximum Gasteiger partial charge on any atom is 0.252 e. The summed E-state index contributed by atoms with van der Waals surface area (Å²) in [6.07, 6.45) is 4.23. The van der Waals surface area contributed by atoms with Crippen LogP contribution in [0.1, 0.15) is 50.0 Å². The number of rotatable bonds is 10. The zero-order chi connectivity index (χ0) is 21.2. The van der Waals surface area contributed by atoms with E-state index in [1.165, 1.54) is 0 Å². The second kappa shape index (κ2) is 11.0. The minimum atomic E-state index is -0.644. The molecule has 2 unspecified atom stereocenters. The minimum absolute atomic E-state index is 0.0586. The average Bonchev–Trinajstić information content (AvgIpc) is 2.73. The molecule has 2 aromatic rings. The Kier molecular flexibility index (Phi) is 8.45. The van der Waals surface area contributed by atoms with E-state index in [2.05, 4.69) is 15.6 Å². The summed E-state index contributed by atoms with van der Waals surface area (Å²) < 4.78 is 11.5. The fourth-order valence-corrected chi connectivity index (χ4v) is 2.49. The highest BCUT2D eigenvalue weighted by molar-refractivity contribution is 5.98. The molecular formula is C22H29N3O4. The second-order valence-corrected chi connectivity index (χ2v) is 6.75. The molecule has 2 amide bonds. The highest BCUT2D eigenvalue weighted by Gasteiger charge is 2.19. The molecule has 0 bridgehead atoms. The maximum absolute atomic E-state index is 12.6. The third kappa shape index (κ3) is 6.78. The lowest BCUT2D eigenvalue weighted by molar-refractivity contribution is -0.123. The van der Waals surface area contributed by atoms with Gasteiger partial charge in [0.2, 0.25) is 5.91 Å². The first-order chi connectivity index (χ1) is 13.9. The van der Waals surface area contributed by atoms with Gasteiger partial charge in [-0.25, -0.2) is 0 Å². The summed E-state index contributed by atoms with van der Waals surface area (Å²) in [6, 6.07) is 8.13. The average molecular weight is 399 g/mol. The molecule has 29 heavy (non-hydrogen) atoms. The lowest BCUT2D eigenvalue weighted by Crippen LogP contribution is -2.47. The van der Waals surface area contributed by atoms with Gasteiger partial charge in [-0.05, 0) is 63.1 Å². The van der Waals surface area contributed by atoms with Crippen molar-refractivity contribution in [2.24, 2.45) is 0 Å². The lowest BCUT2D eigenvalue weighted by atomic mass is 10.1. The number of hydrogen-bond donors (Lipinski definition) is 2. The van der Waals surface area contributed by atoms with Gasteiger partial charge in [-0.2, -0.15) is 0 Å². The zero-order valence-corrected chi connectivity index (χ0v) is 17.4. The highest BCUT2D eigenvalue weighted by atomic mass is 16.5. The summed E-state index contributed by atoms with van der Waals surface area (Å²) >= 11 is 0. The molecule has 0 spiro atoms. The third-order valence-electron chi connectivity index (χ3n) is 4.39. The largest absolute Gasteiger partial charge is 0.490 e. The van der Waals surface area contributed by atoms with Gasteiger partial charge in [0.25, 0.3) is 5.91 Å². The number of nitrogens with zero attached hydrogens (tertiary/aromatic N) is 1. The number of aromatic nitrogens is 1. The van der Waals surface area contributed by atoms with Crippen LogP contribution in [0, 0.1) is 0 Å². The zero-order valence-electron chi connectivity index (χ0n) is 17.4. The highest BCUT2D eigenvalue weighted by Crippen LogP contribution is 2.29. The van der Waals surface area contributed by atoms with Crippen LogP contribution >= 0.6 is 0 Å². The number of nitrogens with one attached hydrogen (secondary N) is 2. The fourth-order valence-electron chi connectivity index (χ4n) is 2.49. The van der Waals surface area contributed by atoms with Crippen LogP contribution in [0.15, 0.2) is 42.7 Å². The Hall–Kier alpha value is -3.09. The molecule has 7 heteroatoms. The molecule has 7 nitrogen and oxygen atoms in total. The first-order valence-corrected chi connectivity index (χ1v) is 9.84. The standard InChI is InChI=1S/C22H29N3O4/c1-5-15(3)24-21(26)16(4)25-22(27)18-7-8-19(20(13-18)28-6-2)29-14-17-9-11-23-12-10-17/h7-13,15-16H,5-6,14H2,1-4H3,(H,24,26)(H,25,27). The van der Waals surface area contributed by atoms with E-state index in [4.69, 9.17) is 9.47 Å². The summed E-state index contributed by atoms with van der Waals surface area (Å²) in [6.45, 7) is 8.23. The molecule has 0 saturated carbocycles. The molecule has 1 aromatic heterocycles. The third-order valence-corrected chi connectivity index (χ3v) is 4.39. The van der Waals surface area contributed by atoms with E-state index in [9.17, 15) is 9.59 Å². The fraction of sp³-hybridized carbons (Fsp3) is 0.409. The number of carbonyl (C=O) groups excluding carboxylic acids is 2. The normalized spacial score (nSPS) is 12.6. The molecule has 0 fully saturated rings. The molecule has 2 atom stereocenters. The van der Waals surface area contributed by atoms with E-state index in [0.717, 1.165) is 12.0 Å². The van der Waals surface area contributed by atoms with Crippen LogP contribution < -0.4 is 20.1 Å². The molecule has 2 N–H and O–H groups in total. The van der Waals surface area contributed by atoms with Crippen molar-refractivity contribution in [2.45, 2.75) is 52.8 Å². The molecule has 0 aliphatic carbocycles. The van der Waals surface area contributed by atoms with Gasteiger partial charge < -0.3 is 20.1 Å². The predicted molar refractivity (Wildman–Crippen MR) is 111 cm³/mol. The molecule has 0 aliphatic rings. The van der Waals surface area contributed by atoms with Crippen molar-refractivity contribution in [1.82, 2.24) is 15.6 Å². The van der Waals surface area contributed by atoms with Crippen LogP contribution in [0.25, 0.3) is 0 Å². The van der Waals surface area contributed by atoms with Crippen molar-refractivity contribution in [1.29, 1.82) is 0 Å². The van der Waals surface area contributed by atoms with Gasteiger partial charge in [-0.15, -0.1) is 0 Å². The van der Waals surface area contributed by atoms with Gasteiger partial charge in [0, 0.05) is 24.0 Å². The molecule has 2 rings (SSSR count). The Balaban J connectivity index is 2.05. The number of pyridine rings is 1. The quantitative estimate of drug-likeness (QED) is 0.641. The molecule has 0 aliphatic heterocycles. The Bertz CT molecular complexity index is 811. The number of amides is 2. The van der Waals surface area contributed by atoms with Crippen LogP contribution in [0.4, 0.5) is 0 Å². The second-order valence-electron chi connectivity index (χ2n) is 6.75. The van der Waals surface area contributed by atoms with E-state index >= 15 is 0 Å². The van der Waals surface area contributed by atoms with Crippen LogP contribution in [0.3, 0.4) is 0 Å². The van der Waals surface area contributed by atoms with E-state index < -0.39 is 6.04 Å². The maximum atomic E-state index is 12.6. The summed E-state index contributed by atoms with van der Waals surface area (Å²) in [5.74, 6) is 0.460. The number of ether oxygens (including phenoxy) is 2. The molecule has 0 saturated heterocycles. The molecule has 1 heterocycles. The Morgan fingerprint density at radius 3 is 2.38 bits per heavy atom. The number of hydrogen-bond acceptors (Lipinski definition) is 5. The van der Waals surface area contributed by atoms with Crippen molar-refractivity contribution in [2.75, 3.05) is 6.61 Å². The Labute approximate surface area is 171 Å². The van der Waals surface area contributed by atoms with Gasteiger partial charge in [0.1, 0.15) is 12.6 Å². The van der Waals surface area contributed by atoms with Gasteiger partial charge in [0.15, 0.2) is 11.5 Å². The van der Waals surface area contributed by atoms with E-state index in [1.807, 2.05) is 32.9 Å². The topological polar surface area (TPSA) is 89.5 Å². The lowest BCUT2D eigenvalue weighted by Gasteiger charge is -2.18. The Morgan fingerprint density at radius 1 is 1.00 bits per heavy atom.